The molecule has 0 aliphatic rings. The Morgan fingerprint density at radius 3 is 2.29 bits per heavy atom. The molecule has 0 heterocycles. The van der Waals surface area contributed by atoms with E-state index in [1.165, 1.54) is 12.1 Å². The number of benzene rings is 1. The van der Waals surface area contributed by atoms with Crippen LogP contribution in [-0.4, -0.2) is 27.5 Å². The lowest BCUT2D eigenvalue weighted by Gasteiger charge is -2.02. The van der Waals surface area contributed by atoms with Gasteiger partial charge in [0.05, 0.1) is 11.4 Å². The Bertz CT molecular complexity index is 408. The summed E-state index contributed by atoms with van der Waals surface area (Å²) in [5, 5.41) is 2.81. The quantitative estimate of drug-likeness (QED) is 0.748. The number of anilines is 1. The SMILES string of the molecule is CS(=O)(=O)c1ccc(NCC=O)cc1. The Morgan fingerprint density at radius 1 is 1.29 bits per heavy atom. The maximum Gasteiger partial charge on any atom is 0.175 e. The lowest BCUT2D eigenvalue weighted by Crippen LogP contribution is -2.02. The molecular weight excluding hydrogens is 202 g/mol. The first-order valence-corrected chi connectivity index (χ1v) is 5.91. The van der Waals surface area contributed by atoms with Gasteiger partial charge in [-0.05, 0) is 24.3 Å². The summed E-state index contributed by atoms with van der Waals surface area (Å²) in [7, 11) is -3.14. The molecule has 0 bridgehead atoms. The van der Waals surface area contributed by atoms with Crippen molar-refractivity contribution in [1.82, 2.24) is 0 Å². The van der Waals surface area contributed by atoms with Crippen molar-refractivity contribution < 1.29 is 13.2 Å². The number of rotatable bonds is 4. The first kappa shape index (κ1) is 10.7. The minimum atomic E-state index is -3.14. The molecule has 1 N–H and O–H groups in total. The monoisotopic (exact) mass is 213 g/mol. The molecular formula is C9H11NO3S. The first-order valence-electron chi connectivity index (χ1n) is 4.01. The molecule has 14 heavy (non-hydrogen) atoms. The third kappa shape index (κ3) is 2.85. The summed E-state index contributed by atoms with van der Waals surface area (Å²) in [6.45, 7) is 0.220. The fourth-order valence-electron chi connectivity index (χ4n) is 0.979. The van der Waals surface area contributed by atoms with Gasteiger partial charge >= 0.3 is 0 Å². The lowest BCUT2D eigenvalue weighted by molar-refractivity contribution is -0.106. The lowest BCUT2D eigenvalue weighted by atomic mass is 10.3. The average molecular weight is 213 g/mol. The highest BCUT2D eigenvalue weighted by Crippen LogP contribution is 2.13. The van der Waals surface area contributed by atoms with E-state index in [0.717, 1.165) is 18.2 Å². The summed E-state index contributed by atoms with van der Waals surface area (Å²) in [6, 6.07) is 6.25. The highest BCUT2D eigenvalue weighted by atomic mass is 32.2. The number of hydrogen-bond acceptors (Lipinski definition) is 4. The summed E-state index contributed by atoms with van der Waals surface area (Å²) < 4.78 is 22.2. The highest BCUT2D eigenvalue weighted by Gasteiger charge is 2.05. The normalized spacial score (nSPS) is 10.9. The van der Waals surface area contributed by atoms with Gasteiger partial charge in [0, 0.05) is 11.9 Å². The summed E-state index contributed by atoms with van der Waals surface area (Å²) in [6.07, 6.45) is 1.89. The molecule has 1 aromatic carbocycles. The second kappa shape index (κ2) is 4.23. The minimum absolute atomic E-state index is 0.220. The molecule has 0 aliphatic heterocycles. The number of carbonyl (C=O) groups excluding carboxylic acids is 1. The van der Waals surface area contributed by atoms with Crippen molar-refractivity contribution in [2.75, 3.05) is 18.1 Å². The molecule has 0 fully saturated rings. The average Bonchev–Trinajstić information content (AvgIpc) is 2.14. The molecule has 0 radical (unpaired) electrons. The van der Waals surface area contributed by atoms with E-state index in [0.29, 0.717) is 0 Å². The summed E-state index contributed by atoms with van der Waals surface area (Å²) in [4.78, 5) is 10.3. The zero-order valence-electron chi connectivity index (χ0n) is 7.73. The van der Waals surface area contributed by atoms with Crippen LogP contribution in [0.15, 0.2) is 29.2 Å². The van der Waals surface area contributed by atoms with E-state index in [-0.39, 0.29) is 11.4 Å². The van der Waals surface area contributed by atoms with Crippen LogP contribution in [0.4, 0.5) is 5.69 Å². The van der Waals surface area contributed by atoms with Gasteiger partial charge in [-0.2, -0.15) is 0 Å². The third-order valence-corrected chi connectivity index (χ3v) is 2.80. The maximum absolute atomic E-state index is 11.1. The maximum atomic E-state index is 11.1. The molecule has 76 valence electrons. The Labute approximate surface area is 82.9 Å². The smallest absolute Gasteiger partial charge is 0.175 e. The zero-order chi connectivity index (χ0) is 10.6. The summed E-state index contributed by atoms with van der Waals surface area (Å²) in [5.74, 6) is 0. The number of aldehydes is 1. The van der Waals surface area contributed by atoms with Gasteiger partial charge in [0.25, 0.3) is 0 Å². The molecule has 0 saturated carbocycles. The number of carbonyl (C=O) groups is 1. The summed E-state index contributed by atoms with van der Waals surface area (Å²) in [5.41, 5.74) is 0.726. The predicted molar refractivity (Wildman–Crippen MR) is 54.1 cm³/mol. The number of nitrogens with one attached hydrogen (secondary N) is 1. The van der Waals surface area contributed by atoms with Crippen LogP contribution in [0.3, 0.4) is 0 Å². The number of hydrogen-bond donors (Lipinski definition) is 1. The summed E-state index contributed by atoms with van der Waals surface area (Å²) >= 11 is 0. The van der Waals surface area contributed by atoms with Crippen LogP contribution in [0, 0.1) is 0 Å². The topological polar surface area (TPSA) is 63.2 Å². The third-order valence-electron chi connectivity index (χ3n) is 1.67. The molecule has 4 nitrogen and oxygen atoms in total. The van der Waals surface area contributed by atoms with Crippen molar-refractivity contribution in [2.45, 2.75) is 4.90 Å². The molecule has 0 aliphatic carbocycles. The van der Waals surface area contributed by atoms with Gasteiger partial charge in [-0.15, -0.1) is 0 Å². The highest BCUT2D eigenvalue weighted by molar-refractivity contribution is 7.90. The van der Waals surface area contributed by atoms with E-state index >= 15 is 0 Å². The molecule has 5 heteroatoms. The molecule has 0 unspecified atom stereocenters. The fraction of sp³-hybridized carbons (Fsp3) is 0.222. The van der Waals surface area contributed by atoms with Gasteiger partial charge < -0.3 is 10.1 Å². The van der Waals surface area contributed by atoms with Crippen LogP contribution in [0.1, 0.15) is 0 Å². The Morgan fingerprint density at radius 2 is 1.86 bits per heavy atom. The second-order valence-corrected chi connectivity index (χ2v) is 4.86. The van der Waals surface area contributed by atoms with Crippen LogP contribution in [-0.2, 0) is 14.6 Å². The van der Waals surface area contributed by atoms with E-state index in [9.17, 15) is 13.2 Å². The van der Waals surface area contributed by atoms with E-state index in [4.69, 9.17) is 0 Å². The molecule has 1 rings (SSSR count). The van der Waals surface area contributed by atoms with Crippen LogP contribution in [0.25, 0.3) is 0 Å². The Balaban J connectivity index is 2.84. The molecule has 0 amide bonds. The van der Waals surface area contributed by atoms with Crippen molar-refractivity contribution in [3.8, 4) is 0 Å². The second-order valence-electron chi connectivity index (χ2n) is 2.84. The largest absolute Gasteiger partial charge is 0.378 e. The van der Waals surface area contributed by atoms with Crippen molar-refractivity contribution in [3.05, 3.63) is 24.3 Å². The zero-order valence-corrected chi connectivity index (χ0v) is 8.54. The van der Waals surface area contributed by atoms with Crippen LogP contribution in [0.5, 0.6) is 0 Å². The molecule has 0 spiro atoms. The Hall–Kier alpha value is -1.36. The van der Waals surface area contributed by atoms with Gasteiger partial charge in [-0.1, -0.05) is 0 Å². The van der Waals surface area contributed by atoms with Gasteiger partial charge in [0.15, 0.2) is 9.84 Å². The molecule has 0 saturated heterocycles. The van der Waals surface area contributed by atoms with Crippen molar-refractivity contribution in [2.24, 2.45) is 0 Å². The van der Waals surface area contributed by atoms with E-state index in [2.05, 4.69) is 5.32 Å². The van der Waals surface area contributed by atoms with E-state index in [1.54, 1.807) is 12.1 Å². The van der Waals surface area contributed by atoms with E-state index < -0.39 is 9.84 Å². The number of sulfone groups is 1. The minimum Gasteiger partial charge on any atom is -0.378 e. The van der Waals surface area contributed by atoms with Crippen LogP contribution >= 0.6 is 0 Å². The van der Waals surface area contributed by atoms with E-state index in [1.807, 2.05) is 0 Å². The molecule has 1 aromatic rings. The standard InChI is InChI=1S/C9H11NO3S/c1-14(12,13)9-4-2-8(3-5-9)10-6-7-11/h2-5,7,10H,6H2,1H3. The van der Waals surface area contributed by atoms with Crippen molar-refractivity contribution in [1.29, 1.82) is 0 Å². The van der Waals surface area contributed by atoms with Crippen LogP contribution in [0.2, 0.25) is 0 Å². The van der Waals surface area contributed by atoms with Gasteiger partial charge in [-0.25, -0.2) is 8.42 Å². The van der Waals surface area contributed by atoms with Gasteiger partial charge in [-0.3, -0.25) is 0 Å². The fourth-order valence-corrected chi connectivity index (χ4v) is 1.61. The Kier molecular flexibility index (Phi) is 3.24. The van der Waals surface area contributed by atoms with Crippen molar-refractivity contribution in [3.63, 3.8) is 0 Å². The molecule has 0 aromatic heterocycles. The molecule has 0 atom stereocenters. The predicted octanol–water partition coefficient (Wildman–Crippen LogP) is 0.701. The van der Waals surface area contributed by atoms with Gasteiger partial charge in [0.2, 0.25) is 0 Å². The van der Waals surface area contributed by atoms with Gasteiger partial charge in [0.1, 0.15) is 6.29 Å². The first-order chi connectivity index (χ1) is 6.54. The van der Waals surface area contributed by atoms with Crippen LogP contribution < -0.4 is 5.32 Å². The van der Waals surface area contributed by atoms with Crippen molar-refractivity contribution >= 4 is 21.8 Å².